The molecule has 4 heteroatoms. The summed E-state index contributed by atoms with van der Waals surface area (Å²) in [6.45, 7) is 8.70. The molecule has 0 aliphatic carbocycles. The maximum absolute atomic E-state index is 11.5. The first-order valence-corrected chi connectivity index (χ1v) is 6.61. The number of hydrogen-bond acceptors (Lipinski definition) is 3. The highest BCUT2D eigenvalue weighted by atomic mass is 16.2. The monoisotopic (exact) mass is 241 g/mol. The van der Waals surface area contributed by atoms with Crippen molar-refractivity contribution in [1.82, 2.24) is 9.80 Å². The predicted octanol–water partition coefficient (Wildman–Crippen LogP) is 0.916. The van der Waals surface area contributed by atoms with E-state index >= 15 is 0 Å². The molecular formula is C13H27N3O. The van der Waals surface area contributed by atoms with E-state index in [1.165, 1.54) is 19.3 Å². The average Bonchev–Trinajstić information content (AvgIpc) is 2.29. The van der Waals surface area contributed by atoms with Crippen molar-refractivity contribution in [3.8, 4) is 0 Å². The summed E-state index contributed by atoms with van der Waals surface area (Å²) in [5.74, 6) is 0.249. The van der Waals surface area contributed by atoms with Crippen LogP contribution in [0.1, 0.15) is 33.1 Å². The van der Waals surface area contributed by atoms with Gasteiger partial charge < -0.3 is 10.6 Å². The van der Waals surface area contributed by atoms with E-state index in [1.54, 1.807) is 0 Å². The van der Waals surface area contributed by atoms with Crippen molar-refractivity contribution in [3.63, 3.8) is 0 Å². The van der Waals surface area contributed by atoms with Crippen molar-refractivity contribution >= 4 is 5.91 Å². The molecule has 0 bridgehead atoms. The van der Waals surface area contributed by atoms with Crippen LogP contribution in [0.15, 0.2) is 0 Å². The van der Waals surface area contributed by atoms with Gasteiger partial charge in [0.15, 0.2) is 0 Å². The second kappa shape index (κ2) is 6.36. The van der Waals surface area contributed by atoms with Crippen LogP contribution in [0.2, 0.25) is 0 Å². The van der Waals surface area contributed by atoms with Crippen molar-refractivity contribution in [2.75, 3.05) is 39.8 Å². The van der Waals surface area contributed by atoms with Crippen LogP contribution in [0, 0.1) is 5.41 Å². The Morgan fingerprint density at radius 2 is 2.00 bits per heavy atom. The fraction of sp³-hybridized carbons (Fsp3) is 0.923. The summed E-state index contributed by atoms with van der Waals surface area (Å²) in [7, 11) is 1.88. The number of carbonyl (C=O) groups is 1. The van der Waals surface area contributed by atoms with Gasteiger partial charge in [0.1, 0.15) is 0 Å². The predicted molar refractivity (Wildman–Crippen MR) is 70.8 cm³/mol. The van der Waals surface area contributed by atoms with E-state index in [0.717, 1.165) is 26.2 Å². The number of amides is 1. The molecule has 0 atom stereocenters. The van der Waals surface area contributed by atoms with E-state index in [2.05, 4.69) is 18.7 Å². The molecule has 0 saturated carbocycles. The number of likely N-dealkylation sites (N-methyl/N-ethyl adjacent to an activating group) is 1. The second-order valence-electron chi connectivity index (χ2n) is 5.92. The van der Waals surface area contributed by atoms with Crippen molar-refractivity contribution in [3.05, 3.63) is 0 Å². The van der Waals surface area contributed by atoms with E-state index in [-0.39, 0.29) is 11.3 Å². The molecule has 0 aromatic heterocycles. The Morgan fingerprint density at radius 1 is 1.29 bits per heavy atom. The van der Waals surface area contributed by atoms with Gasteiger partial charge in [0.2, 0.25) is 5.91 Å². The Hall–Kier alpha value is -0.610. The number of piperazine rings is 1. The van der Waals surface area contributed by atoms with Gasteiger partial charge in [-0.1, -0.05) is 20.3 Å². The molecular weight excluding hydrogens is 214 g/mol. The lowest BCUT2D eigenvalue weighted by molar-refractivity contribution is -0.134. The van der Waals surface area contributed by atoms with Crippen molar-refractivity contribution in [2.45, 2.75) is 33.1 Å². The van der Waals surface area contributed by atoms with Crippen LogP contribution in [0.3, 0.4) is 0 Å². The average molecular weight is 241 g/mol. The fourth-order valence-corrected chi connectivity index (χ4v) is 2.04. The van der Waals surface area contributed by atoms with E-state index < -0.39 is 0 Å². The largest absolute Gasteiger partial charge is 0.343 e. The van der Waals surface area contributed by atoms with Crippen LogP contribution in [0.25, 0.3) is 0 Å². The van der Waals surface area contributed by atoms with Gasteiger partial charge in [-0.15, -0.1) is 0 Å². The lowest BCUT2D eigenvalue weighted by Gasteiger charge is -2.32. The van der Waals surface area contributed by atoms with E-state index in [1.807, 2.05) is 11.9 Å². The fourth-order valence-electron chi connectivity index (χ4n) is 2.04. The lowest BCUT2D eigenvalue weighted by atomic mass is 9.87. The number of nitrogens with zero attached hydrogens (tertiary/aromatic N) is 2. The van der Waals surface area contributed by atoms with Gasteiger partial charge in [-0.2, -0.15) is 0 Å². The molecule has 100 valence electrons. The smallest absolute Gasteiger partial charge is 0.236 e. The summed E-state index contributed by atoms with van der Waals surface area (Å²) in [5.41, 5.74) is 5.97. The SMILES string of the molecule is CN1CCN(CCCCC(C)(C)CN)CC1=O. The van der Waals surface area contributed by atoms with Crippen molar-refractivity contribution < 1.29 is 4.79 Å². The summed E-state index contributed by atoms with van der Waals surface area (Å²) < 4.78 is 0. The normalized spacial score (nSPS) is 18.8. The zero-order valence-corrected chi connectivity index (χ0v) is 11.5. The molecule has 1 heterocycles. The highest BCUT2D eigenvalue weighted by Gasteiger charge is 2.20. The van der Waals surface area contributed by atoms with Crippen LogP contribution >= 0.6 is 0 Å². The molecule has 17 heavy (non-hydrogen) atoms. The maximum Gasteiger partial charge on any atom is 0.236 e. The van der Waals surface area contributed by atoms with Crippen LogP contribution in [0.5, 0.6) is 0 Å². The van der Waals surface area contributed by atoms with Crippen molar-refractivity contribution in [2.24, 2.45) is 11.1 Å². The maximum atomic E-state index is 11.5. The summed E-state index contributed by atoms with van der Waals surface area (Å²) in [5, 5.41) is 0. The summed E-state index contributed by atoms with van der Waals surface area (Å²) in [4.78, 5) is 15.6. The topological polar surface area (TPSA) is 49.6 Å². The highest BCUT2D eigenvalue weighted by molar-refractivity contribution is 5.78. The van der Waals surface area contributed by atoms with Gasteiger partial charge in [0.25, 0.3) is 0 Å². The lowest BCUT2D eigenvalue weighted by Crippen LogP contribution is -2.48. The Balaban J connectivity index is 2.13. The highest BCUT2D eigenvalue weighted by Crippen LogP contribution is 2.21. The molecule has 2 N–H and O–H groups in total. The van der Waals surface area contributed by atoms with E-state index in [9.17, 15) is 4.79 Å². The van der Waals surface area contributed by atoms with Gasteiger partial charge in [-0.05, 0) is 31.3 Å². The second-order valence-corrected chi connectivity index (χ2v) is 5.92. The Bertz CT molecular complexity index is 253. The molecule has 0 aromatic rings. The molecule has 0 radical (unpaired) electrons. The zero-order chi connectivity index (χ0) is 12.9. The van der Waals surface area contributed by atoms with Gasteiger partial charge in [0.05, 0.1) is 6.54 Å². The molecule has 0 unspecified atom stereocenters. The minimum Gasteiger partial charge on any atom is -0.343 e. The minimum atomic E-state index is 0.249. The van der Waals surface area contributed by atoms with E-state index in [4.69, 9.17) is 5.73 Å². The quantitative estimate of drug-likeness (QED) is 0.703. The molecule has 1 amide bonds. The Morgan fingerprint density at radius 3 is 2.59 bits per heavy atom. The molecule has 1 aliphatic heterocycles. The van der Waals surface area contributed by atoms with Gasteiger partial charge >= 0.3 is 0 Å². The molecule has 0 aromatic carbocycles. The number of carbonyl (C=O) groups excluding carboxylic acids is 1. The molecule has 1 saturated heterocycles. The third kappa shape index (κ3) is 5.04. The summed E-state index contributed by atoms with van der Waals surface area (Å²) >= 11 is 0. The van der Waals surface area contributed by atoms with Crippen molar-refractivity contribution in [1.29, 1.82) is 0 Å². The standard InChI is InChI=1S/C13H27N3O/c1-13(2,11-14)6-4-5-7-16-9-8-15(3)12(17)10-16/h4-11,14H2,1-3H3. The Kier molecular flexibility index (Phi) is 5.40. The summed E-state index contributed by atoms with van der Waals surface area (Å²) in [6.07, 6.45) is 3.54. The number of unbranched alkanes of at least 4 members (excludes halogenated alkanes) is 1. The molecule has 1 fully saturated rings. The number of rotatable bonds is 6. The van der Waals surface area contributed by atoms with Crippen LogP contribution in [-0.2, 0) is 4.79 Å². The van der Waals surface area contributed by atoms with Gasteiger partial charge in [0, 0.05) is 20.1 Å². The third-order valence-corrected chi connectivity index (χ3v) is 3.67. The molecule has 1 aliphatic rings. The summed E-state index contributed by atoms with van der Waals surface area (Å²) in [6, 6.07) is 0. The third-order valence-electron chi connectivity index (χ3n) is 3.67. The minimum absolute atomic E-state index is 0.249. The first kappa shape index (κ1) is 14.5. The van der Waals surface area contributed by atoms with E-state index in [0.29, 0.717) is 6.54 Å². The number of hydrogen-bond donors (Lipinski definition) is 1. The molecule has 0 spiro atoms. The first-order chi connectivity index (χ1) is 7.94. The van der Waals surface area contributed by atoms with Gasteiger partial charge in [-0.25, -0.2) is 0 Å². The Labute approximate surface area is 105 Å². The van der Waals surface area contributed by atoms with Crippen LogP contribution < -0.4 is 5.73 Å². The number of nitrogens with two attached hydrogens (primary N) is 1. The van der Waals surface area contributed by atoms with Crippen LogP contribution in [0.4, 0.5) is 0 Å². The van der Waals surface area contributed by atoms with Gasteiger partial charge in [-0.3, -0.25) is 9.69 Å². The molecule has 1 rings (SSSR count). The molecule has 4 nitrogen and oxygen atoms in total. The zero-order valence-electron chi connectivity index (χ0n) is 11.5. The van der Waals surface area contributed by atoms with Crippen LogP contribution in [-0.4, -0.2) is 55.5 Å². The first-order valence-electron chi connectivity index (χ1n) is 6.61.